The molecule has 0 spiro atoms. The molecule has 0 aliphatic carbocycles. The highest BCUT2D eigenvalue weighted by molar-refractivity contribution is 14.1. The number of aliphatic hydroxyl groups excluding tert-OH is 1. The van der Waals surface area contributed by atoms with Crippen LogP contribution >= 0.6 is 22.6 Å². The van der Waals surface area contributed by atoms with Crippen LogP contribution in [0.5, 0.6) is 0 Å². The second-order valence-electron chi connectivity index (χ2n) is 8.49. The number of alkyl halides is 1. The highest BCUT2D eigenvalue weighted by Crippen LogP contribution is 2.21. The van der Waals surface area contributed by atoms with Gasteiger partial charge in [-0.25, -0.2) is 0 Å². The van der Waals surface area contributed by atoms with E-state index >= 15 is 0 Å². The smallest absolute Gasteiger partial charge is 0.271 e. The van der Waals surface area contributed by atoms with Crippen LogP contribution in [0.2, 0.25) is 0 Å². The van der Waals surface area contributed by atoms with Crippen molar-refractivity contribution in [1.29, 1.82) is 0 Å². The predicted octanol–water partition coefficient (Wildman–Crippen LogP) is 5.52. The molecule has 224 valence electrons. The van der Waals surface area contributed by atoms with Gasteiger partial charge in [0.1, 0.15) is 0 Å². The molecule has 11 nitrogen and oxygen atoms in total. The molecule has 6 rings (SSSR count). The van der Waals surface area contributed by atoms with E-state index in [1.54, 1.807) is 31.3 Å². The maximum atomic E-state index is 10.5. The summed E-state index contributed by atoms with van der Waals surface area (Å²) in [6.45, 7) is 1.93. The van der Waals surface area contributed by atoms with Crippen molar-refractivity contribution in [3.8, 4) is 0 Å². The number of benzene rings is 3. The van der Waals surface area contributed by atoms with Crippen molar-refractivity contribution in [2.45, 2.75) is 6.92 Å². The van der Waals surface area contributed by atoms with Crippen LogP contribution in [-0.2, 0) is 14.1 Å². The van der Waals surface area contributed by atoms with Crippen molar-refractivity contribution in [2.75, 3.05) is 17.3 Å². The lowest BCUT2D eigenvalue weighted by molar-refractivity contribution is -0.384. The third-order valence-electron chi connectivity index (χ3n) is 5.74. The van der Waals surface area contributed by atoms with Crippen molar-refractivity contribution in [3.63, 3.8) is 0 Å². The van der Waals surface area contributed by atoms with E-state index in [2.05, 4.69) is 38.2 Å². The van der Waals surface area contributed by atoms with Crippen molar-refractivity contribution in [1.82, 2.24) is 14.1 Å². The summed E-state index contributed by atoms with van der Waals surface area (Å²) in [5.74, 6) is 0. The number of hydrogen-bond donors (Lipinski definition) is 3. The van der Waals surface area contributed by atoms with Gasteiger partial charge in [0.05, 0.1) is 20.9 Å². The average molecular weight is 687 g/mol. The fraction of sp³-hybridized carbons (Fsp3) is 0.172. The molecule has 0 fully saturated rings. The summed E-state index contributed by atoms with van der Waals surface area (Å²) in [7, 11) is 3.88. The first-order valence-electron chi connectivity index (χ1n) is 12.3. The van der Waals surface area contributed by atoms with Crippen LogP contribution in [0.4, 0.5) is 17.1 Å². The van der Waals surface area contributed by atoms with Gasteiger partial charge in [-0.3, -0.25) is 20.2 Å². The summed E-state index contributed by atoms with van der Waals surface area (Å²) in [5, 5.41) is 31.6. The van der Waals surface area contributed by atoms with Crippen molar-refractivity contribution in [2.24, 2.45) is 14.1 Å². The van der Waals surface area contributed by atoms with Crippen LogP contribution in [0.25, 0.3) is 32.7 Å². The average Bonchev–Trinajstić information content (AvgIpc) is 3.69. The monoisotopic (exact) mass is 687 g/mol. The molecular weight excluding hydrogens is 650 g/mol. The van der Waals surface area contributed by atoms with Gasteiger partial charge in [0.25, 0.3) is 11.4 Å². The molecular formula is C29H37BIN6O5-. The van der Waals surface area contributed by atoms with Crippen LogP contribution in [0.1, 0.15) is 6.92 Å². The Bertz CT molecular complexity index is 1730. The normalized spacial score (nSPS) is 9.57. The van der Waals surface area contributed by atoms with Crippen molar-refractivity contribution in [3.05, 3.63) is 112 Å². The molecule has 6 aromatic rings. The number of aliphatic hydroxyl groups is 1. The fourth-order valence-electron chi connectivity index (χ4n) is 3.79. The lowest BCUT2D eigenvalue weighted by atomic mass is 10.2. The van der Waals surface area contributed by atoms with Crippen LogP contribution in [-0.4, -0.2) is 49.0 Å². The standard InChI is InChI=1S/C9H8N2O2.C9H10N2.C8H6N2O2.C2H6O.CH3I.BH4/c1-10-5-4-7-2-3-8(11(12)13)6-9(7)10;1-11-5-4-7-2-3-8(10)6-9(7)11;11-10(12)7-2-1-6-3-4-9-8(6)5-7;1-2-3;1-2;/h2-6H,1H3;2-6H,10H2,1H3;1-5,9H;3H,2H2,1H3;1H3;1H4/q;;;;;-1. The van der Waals surface area contributed by atoms with E-state index in [9.17, 15) is 20.2 Å². The summed E-state index contributed by atoms with van der Waals surface area (Å²) in [6.07, 6.45) is 5.67. The molecule has 42 heavy (non-hydrogen) atoms. The Morgan fingerprint density at radius 3 is 1.76 bits per heavy atom. The number of nitrogens with zero attached hydrogens (tertiary/aromatic N) is 4. The number of aromatic nitrogens is 3. The molecule has 0 unspecified atom stereocenters. The number of fused-ring (bicyclic) bond motifs is 3. The van der Waals surface area contributed by atoms with E-state index in [4.69, 9.17) is 10.8 Å². The topological polar surface area (TPSA) is 158 Å². The van der Waals surface area contributed by atoms with Gasteiger partial charge in [-0.1, -0.05) is 37.1 Å². The quantitative estimate of drug-likeness (QED) is 0.0543. The number of nitrogens with two attached hydrogens (primary N) is 1. The number of nitro benzene ring substituents is 2. The van der Waals surface area contributed by atoms with Gasteiger partial charge >= 0.3 is 0 Å². The molecule has 0 radical (unpaired) electrons. The van der Waals surface area contributed by atoms with Crippen LogP contribution in [0, 0.1) is 20.2 Å². The number of halogens is 1. The molecule has 4 N–H and O–H groups in total. The Morgan fingerprint density at radius 1 is 0.786 bits per heavy atom. The molecule has 0 aliphatic heterocycles. The summed E-state index contributed by atoms with van der Waals surface area (Å²) in [4.78, 5) is 24.9. The van der Waals surface area contributed by atoms with E-state index in [1.165, 1.54) is 29.1 Å². The molecule has 0 aliphatic rings. The minimum atomic E-state index is -0.402. The van der Waals surface area contributed by atoms with Crippen LogP contribution in [0.15, 0.2) is 91.4 Å². The lowest BCUT2D eigenvalue weighted by Crippen LogP contribution is -1.89. The van der Waals surface area contributed by atoms with Gasteiger partial charge in [-0.05, 0) is 65.1 Å². The third-order valence-corrected chi connectivity index (χ3v) is 5.74. The molecule has 0 saturated heterocycles. The highest BCUT2D eigenvalue weighted by atomic mass is 127. The Labute approximate surface area is 259 Å². The minimum Gasteiger partial charge on any atom is -0.399 e. The third kappa shape index (κ3) is 9.63. The summed E-state index contributed by atoms with van der Waals surface area (Å²) < 4.78 is 3.92. The minimum absolute atomic E-state index is 0. The van der Waals surface area contributed by atoms with E-state index in [-0.39, 0.29) is 31.3 Å². The molecule has 0 saturated carbocycles. The van der Waals surface area contributed by atoms with E-state index < -0.39 is 4.92 Å². The fourth-order valence-corrected chi connectivity index (χ4v) is 3.79. The van der Waals surface area contributed by atoms with E-state index in [0.29, 0.717) is 0 Å². The number of non-ortho nitro benzene ring substituents is 2. The maximum absolute atomic E-state index is 10.5. The van der Waals surface area contributed by atoms with Gasteiger partial charge in [-0.15, -0.1) is 0 Å². The molecule has 13 heteroatoms. The number of aryl methyl sites for hydroxylation is 2. The van der Waals surface area contributed by atoms with Gasteiger partial charge in [0, 0.05) is 80.1 Å². The van der Waals surface area contributed by atoms with Gasteiger partial charge in [-0.2, -0.15) is 0 Å². The Morgan fingerprint density at radius 2 is 1.24 bits per heavy atom. The van der Waals surface area contributed by atoms with Gasteiger partial charge in [0.2, 0.25) is 0 Å². The highest BCUT2D eigenvalue weighted by Gasteiger charge is 2.07. The largest absolute Gasteiger partial charge is 0.399 e. The second-order valence-corrected chi connectivity index (χ2v) is 8.49. The number of nitro groups is 2. The Kier molecular flexibility index (Phi) is 14.8. The lowest BCUT2D eigenvalue weighted by Gasteiger charge is -1.96. The van der Waals surface area contributed by atoms with Crippen molar-refractivity contribution < 1.29 is 15.0 Å². The number of nitrogen functional groups attached to an aromatic ring is 1. The number of hydrogen-bond acceptors (Lipinski definition) is 6. The number of rotatable bonds is 2. The predicted molar refractivity (Wildman–Crippen MR) is 186 cm³/mol. The zero-order valence-electron chi connectivity index (χ0n) is 23.2. The SMILES string of the molecule is CCO.CI.Cn1ccc2ccc(N)cc21.Cn1ccc2ccc([N+](=O)[O-])cc21.O=[N+]([O-])c1ccc2cc[nH]c2c1.[BH4-]. The first kappa shape index (κ1) is 35.7. The van der Waals surface area contributed by atoms with E-state index in [0.717, 1.165) is 27.5 Å². The molecule has 3 aromatic heterocycles. The first-order chi connectivity index (χ1) is 19.6. The zero-order valence-corrected chi connectivity index (χ0v) is 25.3. The number of anilines is 1. The van der Waals surface area contributed by atoms with Crippen LogP contribution in [0.3, 0.4) is 0 Å². The zero-order chi connectivity index (χ0) is 30.5. The second kappa shape index (κ2) is 17.4. The van der Waals surface area contributed by atoms with Gasteiger partial charge in [0.15, 0.2) is 0 Å². The summed E-state index contributed by atoms with van der Waals surface area (Å²) in [5.41, 5.74) is 9.57. The first-order valence-corrected chi connectivity index (χ1v) is 14.5. The number of nitrogens with one attached hydrogen (secondary N) is 1. The summed E-state index contributed by atoms with van der Waals surface area (Å²) in [6, 6.07) is 21.4. The summed E-state index contributed by atoms with van der Waals surface area (Å²) >= 11 is 2.15. The Hall–Kier alpha value is -4.37. The Balaban J connectivity index is 0.000000290. The molecule has 0 amide bonds. The molecule has 3 aromatic carbocycles. The molecule has 0 bridgehead atoms. The van der Waals surface area contributed by atoms with Crippen molar-refractivity contribution >= 4 is 80.8 Å². The van der Waals surface area contributed by atoms with Crippen LogP contribution < -0.4 is 5.73 Å². The van der Waals surface area contributed by atoms with E-state index in [1.807, 2.05) is 66.3 Å². The number of H-pyrrole nitrogens is 1. The number of aromatic amines is 1. The maximum Gasteiger partial charge on any atom is 0.271 e. The molecule has 3 heterocycles. The van der Waals surface area contributed by atoms with Gasteiger partial charge < -0.3 is 25.0 Å². The molecule has 0 atom stereocenters.